The van der Waals surface area contributed by atoms with Gasteiger partial charge in [-0.3, -0.25) is 0 Å². The van der Waals surface area contributed by atoms with Crippen molar-refractivity contribution in [3.8, 4) is 0 Å². The number of hydrogen-bond donors (Lipinski definition) is 1. The molecule has 1 N–H and O–H groups in total. The Morgan fingerprint density at radius 2 is 1.75 bits per heavy atom. The fourth-order valence-corrected chi connectivity index (χ4v) is 3.26. The minimum Gasteiger partial charge on any atom is -0.317 e. The highest BCUT2D eigenvalue weighted by molar-refractivity contribution is 7.91. The van der Waals surface area contributed by atoms with Crippen LogP contribution in [-0.4, -0.2) is 33.0 Å². The van der Waals surface area contributed by atoms with E-state index in [9.17, 15) is 8.42 Å². The standard InChI is InChI=1S/C12H27NO2S/c1-5-12(13-4)7-6-9-16(14,15)10-8-11(2)3/h11-13H,5-10H2,1-4H3. The molecule has 98 valence electrons. The van der Waals surface area contributed by atoms with E-state index in [1.165, 1.54) is 0 Å². The molecule has 0 amide bonds. The fourth-order valence-electron chi connectivity index (χ4n) is 1.62. The van der Waals surface area contributed by atoms with Crippen LogP contribution >= 0.6 is 0 Å². The van der Waals surface area contributed by atoms with Gasteiger partial charge < -0.3 is 5.32 Å². The first-order valence-corrected chi connectivity index (χ1v) is 8.11. The minimum atomic E-state index is -2.82. The van der Waals surface area contributed by atoms with Gasteiger partial charge in [-0.2, -0.15) is 0 Å². The molecule has 0 rings (SSSR count). The van der Waals surface area contributed by atoms with Crippen molar-refractivity contribution in [2.75, 3.05) is 18.6 Å². The zero-order chi connectivity index (χ0) is 12.6. The monoisotopic (exact) mass is 249 g/mol. The largest absolute Gasteiger partial charge is 0.317 e. The molecule has 0 saturated carbocycles. The molecule has 0 aromatic rings. The van der Waals surface area contributed by atoms with Gasteiger partial charge in [-0.1, -0.05) is 20.8 Å². The van der Waals surface area contributed by atoms with E-state index in [1.54, 1.807) is 0 Å². The van der Waals surface area contributed by atoms with Crippen molar-refractivity contribution in [2.45, 2.75) is 52.5 Å². The van der Waals surface area contributed by atoms with Gasteiger partial charge in [0.05, 0.1) is 11.5 Å². The maximum absolute atomic E-state index is 11.7. The molecule has 4 heteroatoms. The Kier molecular flexibility index (Phi) is 8.02. The summed E-state index contributed by atoms with van der Waals surface area (Å²) in [6.45, 7) is 6.24. The van der Waals surface area contributed by atoms with Gasteiger partial charge in [0.25, 0.3) is 0 Å². The molecular weight excluding hydrogens is 222 g/mol. The van der Waals surface area contributed by atoms with Crippen molar-refractivity contribution < 1.29 is 8.42 Å². The quantitative estimate of drug-likeness (QED) is 0.681. The van der Waals surface area contributed by atoms with E-state index < -0.39 is 9.84 Å². The third-order valence-corrected chi connectivity index (χ3v) is 4.68. The SMILES string of the molecule is CCC(CCCS(=O)(=O)CCC(C)C)NC. The van der Waals surface area contributed by atoms with Gasteiger partial charge in [-0.15, -0.1) is 0 Å². The first-order valence-electron chi connectivity index (χ1n) is 6.29. The third kappa shape index (κ3) is 8.11. The summed E-state index contributed by atoms with van der Waals surface area (Å²) < 4.78 is 23.3. The van der Waals surface area contributed by atoms with Crippen LogP contribution in [0, 0.1) is 5.92 Å². The van der Waals surface area contributed by atoms with E-state index in [0.29, 0.717) is 23.5 Å². The van der Waals surface area contributed by atoms with Gasteiger partial charge in [0, 0.05) is 6.04 Å². The van der Waals surface area contributed by atoms with Crippen LogP contribution in [0.1, 0.15) is 46.5 Å². The second-order valence-electron chi connectivity index (χ2n) is 4.87. The van der Waals surface area contributed by atoms with Gasteiger partial charge in [-0.05, 0) is 38.6 Å². The number of nitrogens with one attached hydrogen (secondary N) is 1. The molecule has 0 aromatic heterocycles. The summed E-state index contributed by atoms with van der Waals surface area (Å²) in [7, 11) is -0.885. The lowest BCUT2D eigenvalue weighted by atomic mass is 10.1. The summed E-state index contributed by atoms with van der Waals surface area (Å²) in [6.07, 6.45) is 3.57. The van der Waals surface area contributed by atoms with Crippen LogP contribution in [0.4, 0.5) is 0 Å². The van der Waals surface area contributed by atoms with Crippen molar-refractivity contribution in [3.05, 3.63) is 0 Å². The van der Waals surface area contributed by atoms with E-state index in [2.05, 4.69) is 26.1 Å². The second-order valence-corrected chi connectivity index (χ2v) is 7.17. The predicted octanol–water partition coefficient (Wildman–Crippen LogP) is 2.23. The predicted molar refractivity (Wildman–Crippen MR) is 70.5 cm³/mol. The lowest BCUT2D eigenvalue weighted by Crippen LogP contribution is -2.25. The molecule has 0 bridgehead atoms. The molecule has 0 aliphatic carbocycles. The molecule has 1 atom stereocenters. The van der Waals surface area contributed by atoms with Gasteiger partial charge in [0.2, 0.25) is 0 Å². The van der Waals surface area contributed by atoms with E-state index >= 15 is 0 Å². The Hall–Kier alpha value is -0.0900. The molecule has 16 heavy (non-hydrogen) atoms. The highest BCUT2D eigenvalue weighted by Gasteiger charge is 2.12. The Morgan fingerprint density at radius 3 is 2.19 bits per heavy atom. The Morgan fingerprint density at radius 1 is 1.12 bits per heavy atom. The van der Waals surface area contributed by atoms with Gasteiger partial charge >= 0.3 is 0 Å². The van der Waals surface area contributed by atoms with Crippen molar-refractivity contribution in [3.63, 3.8) is 0 Å². The number of sulfone groups is 1. The molecule has 0 aromatic carbocycles. The lowest BCUT2D eigenvalue weighted by molar-refractivity contribution is 0.499. The average Bonchev–Trinajstić information content (AvgIpc) is 2.22. The number of rotatable bonds is 9. The van der Waals surface area contributed by atoms with Crippen molar-refractivity contribution in [1.29, 1.82) is 0 Å². The Bertz CT molecular complexity index is 256. The van der Waals surface area contributed by atoms with E-state index in [1.807, 2.05) is 7.05 Å². The molecule has 1 unspecified atom stereocenters. The molecular formula is C12H27NO2S. The summed E-state index contributed by atoms with van der Waals surface area (Å²) in [6, 6.07) is 0.459. The molecule has 0 aliphatic rings. The first kappa shape index (κ1) is 15.9. The van der Waals surface area contributed by atoms with Crippen molar-refractivity contribution in [2.24, 2.45) is 5.92 Å². The van der Waals surface area contributed by atoms with Crippen LogP contribution in [0.2, 0.25) is 0 Å². The van der Waals surface area contributed by atoms with Crippen molar-refractivity contribution in [1.82, 2.24) is 5.32 Å². The van der Waals surface area contributed by atoms with Crippen LogP contribution in [-0.2, 0) is 9.84 Å². The Balaban J connectivity index is 3.82. The molecule has 0 radical (unpaired) electrons. The second kappa shape index (κ2) is 8.07. The zero-order valence-corrected chi connectivity index (χ0v) is 11.9. The zero-order valence-electron chi connectivity index (χ0n) is 11.1. The van der Waals surface area contributed by atoms with Crippen LogP contribution in [0.5, 0.6) is 0 Å². The summed E-state index contributed by atoms with van der Waals surface area (Å²) >= 11 is 0. The topological polar surface area (TPSA) is 46.2 Å². The molecule has 0 heterocycles. The summed E-state index contributed by atoms with van der Waals surface area (Å²) in [5.74, 6) is 1.16. The molecule has 0 aliphatic heterocycles. The van der Waals surface area contributed by atoms with Crippen LogP contribution in [0.15, 0.2) is 0 Å². The smallest absolute Gasteiger partial charge is 0.150 e. The summed E-state index contributed by atoms with van der Waals surface area (Å²) in [5.41, 5.74) is 0. The highest BCUT2D eigenvalue weighted by Crippen LogP contribution is 2.07. The molecule has 0 saturated heterocycles. The lowest BCUT2D eigenvalue weighted by Gasteiger charge is -2.13. The van der Waals surface area contributed by atoms with Gasteiger partial charge in [-0.25, -0.2) is 8.42 Å². The van der Waals surface area contributed by atoms with E-state index in [-0.39, 0.29) is 0 Å². The third-order valence-electron chi connectivity index (χ3n) is 2.92. The maximum atomic E-state index is 11.7. The normalized spacial score (nSPS) is 14.3. The fraction of sp³-hybridized carbons (Fsp3) is 1.00. The van der Waals surface area contributed by atoms with Crippen LogP contribution < -0.4 is 5.32 Å². The van der Waals surface area contributed by atoms with E-state index in [0.717, 1.165) is 25.7 Å². The van der Waals surface area contributed by atoms with Gasteiger partial charge in [0.15, 0.2) is 0 Å². The molecule has 0 fully saturated rings. The number of hydrogen-bond acceptors (Lipinski definition) is 3. The Labute approximate surface area is 101 Å². The van der Waals surface area contributed by atoms with Gasteiger partial charge in [0.1, 0.15) is 9.84 Å². The van der Waals surface area contributed by atoms with Crippen molar-refractivity contribution >= 4 is 9.84 Å². The first-order chi connectivity index (χ1) is 7.41. The average molecular weight is 249 g/mol. The summed E-state index contributed by atoms with van der Waals surface area (Å²) in [5, 5.41) is 3.19. The maximum Gasteiger partial charge on any atom is 0.150 e. The van der Waals surface area contributed by atoms with E-state index in [4.69, 9.17) is 0 Å². The minimum absolute atomic E-state index is 0.345. The highest BCUT2D eigenvalue weighted by atomic mass is 32.2. The van der Waals surface area contributed by atoms with Crippen LogP contribution in [0.3, 0.4) is 0 Å². The summed E-state index contributed by atoms with van der Waals surface area (Å²) in [4.78, 5) is 0. The molecule has 3 nitrogen and oxygen atoms in total. The van der Waals surface area contributed by atoms with Crippen LogP contribution in [0.25, 0.3) is 0 Å². The molecule has 0 spiro atoms.